The maximum atomic E-state index is 11.8. The van der Waals surface area contributed by atoms with Crippen LogP contribution in [0, 0.1) is 6.92 Å². The summed E-state index contributed by atoms with van der Waals surface area (Å²) in [5, 5.41) is 13.8. The fraction of sp³-hybridized carbons (Fsp3) is 0.429. The van der Waals surface area contributed by atoms with Crippen LogP contribution in [0.3, 0.4) is 0 Å². The number of hydrogen-bond acceptors (Lipinski definition) is 3. The average molecular weight is 281 g/mol. The number of carbonyl (C=O) groups excluding carboxylic acids is 1. The van der Waals surface area contributed by atoms with Gasteiger partial charge in [-0.2, -0.15) is 0 Å². The number of aliphatic carboxylic acids is 1. The minimum absolute atomic E-state index is 0.358. The molecule has 1 aromatic heterocycles. The van der Waals surface area contributed by atoms with E-state index in [1.54, 1.807) is 31.3 Å². The number of carboxylic acid groups (broad SMARTS) is 1. The fourth-order valence-electron chi connectivity index (χ4n) is 1.77. The molecule has 1 aromatic rings. The molecule has 2 N–H and O–H groups in total. The molecule has 0 bridgehead atoms. The molecule has 104 valence electrons. The zero-order valence-corrected chi connectivity index (χ0v) is 12.2. The second-order valence-electron chi connectivity index (χ2n) is 4.38. The van der Waals surface area contributed by atoms with Crippen molar-refractivity contribution in [2.24, 2.45) is 0 Å². The van der Waals surface area contributed by atoms with Gasteiger partial charge in [0.25, 0.3) is 0 Å². The Balaban J connectivity index is 2.77. The molecule has 0 radical (unpaired) electrons. The first-order chi connectivity index (χ1) is 8.95. The summed E-state index contributed by atoms with van der Waals surface area (Å²) in [5.74, 6) is -1.37. The van der Waals surface area contributed by atoms with Crippen molar-refractivity contribution < 1.29 is 14.7 Å². The third-order valence-corrected chi connectivity index (χ3v) is 4.25. The highest BCUT2D eigenvalue weighted by molar-refractivity contribution is 7.11. The molecule has 1 amide bonds. The molecular weight excluding hydrogens is 262 g/mol. The maximum absolute atomic E-state index is 11.8. The molecule has 0 aliphatic rings. The van der Waals surface area contributed by atoms with E-state index in [1.165, 1.54) is 6.08 Å². The molecule has 0 aliphatic heterocycles. The molecule has 0 saturated carbocycles. The first-order valence-electron chi connectivity index (χ1n) is 6.23. The molecular formula is C14H19NO3S. The summed E-state index contributed by atoms with van der Waals surface area (Å²) in [6.07, 6.45) is 3.82. The highest BCUT2D eigenvalue weighted by Crippen LogP contribution is 2.18. The van der Waals surface area contributed by atoms with Gasteiger partial charge in [-0.05, 0) is 42.9 Å². The van der Waals surface area contributed by atoms with E-state index in [0.29, 0.717) is 12.8 Å². The van der Waals surface area contributed by atoms with E-state index in [9.17, 15) is 14.7 Å². The summed E-state index contributed by atoms with van der Waals surface area (Å²) in [4.78, 5) is 24.1. The van der Waals surface area contributed by atoms with Gasteiger partial charge in [0, 0.05) is 11.0 Å². The lowest BCUT2D eigenvalue weighted by molar-refractivity contribution is -0.147. The predicted molar refractivity (Wildman–Crippen MR) is 77.2 cm³/mol. The zero-order chi connectivity index (χ0) is 14.5. The van der Waals surface area contributed by atoms with E-state index in [1.807, 2.05) is 18.4 Å². The molecule has 0 atom stereocenters. The lowest BCUT2D eigenvalue weighted by Crippen LogP contribution is -2.53. The monoisotopic (exact) mass is 281 g/mol. The van der Waals surface area contributed by atoms with Crippen molar-refractivity contribution in [3.63, 3.8) is 0 Å². The first-order valence-corrected chi connectivity index (χ1v) is 7.11. The van der Waals surface area contributed by atoms with Crippen molar-refractivity contribution in [2.45, 2.75) is 39.2 Å². The van der Waals surface area contributed by atoms with Gasteiger partial charge in [0.1, 0.15) is 5.54 Å². The lowest BCUT2D eigenvalue weighted by Gasteiger charge is -2.27. The number of nitrogens with one attached hydrogen (secondary N) is 1. The minimum atomic E-state index is -1.17. The molecule has 4 nitrogen and oxygen atoms in total. The average Bonchev–Trinajstić information content (AvgIpc) is 2.79. The summed E-state index contributed by atoms with van der Waals surface area (Å²) in [5.41, 5.74) is -0.0733. The second kappa shape index (κ2) is 6.52. The van der Waals surface area contributed by atoms with Gasteiger partial charge in [0.2, 0.25) is 5.91 Å². The van der Waals surface area contributed by atoms with Gasteiger partial charge in [0.15, 0.2) is 0 Å². The Bertz CT molecular complexity index is 487. The maximum Gasteiger partial charge on any atom is 0.329 e. The Kier molecular flexibility index (Phi) is 5.30. The SMILES string of the molecule is CCC(CC)(NC(=O)C=Cc1sccc1C)C(=O)O. The van der Waals surface area contributed by atoms with Crippen LogP contribution in [0.25, 0.3) is 6.08 Å². The van der Waals surface area contributed by atoms with Crippen molar-refractivity contribution >= 4 is 29.3 Å². The van der Waals surface area contributed by atoms with E-state index < -0.39 is 11.5 Å². The van der Waals surface area contributed by atoms with Gasteiger partial charge in [-0.3, -0.25) is 4.79 Å². The minimum Gasteiger partial charge on any atom is -0.480 e. The molecule has 0 aliphatic carbocycles. The summed E-state index contributed by atoms with van der Waals surface area (Å²) >= 11 is 1.54. The molecule has 0 fully saturated rings. The van der Waals surface area contributed by atoms with Gasteiger partial charge in [0.05, 0.1) is 0 Å². The molecule has 5 heteroatoms. The summed E-state index contributed by atoms with van der Waals surface area (Å²) in [6.45, 7) is 5.48. The standard InChI is InChI=1S/C14H19NO3S/c1-4-14(5-2,13(17)18)15-12(16)7-6-11-10(3)8-9-19-11/h6-9H,4-5H2,1-3H3,(H,15,16)(H,17,18). The number of carbonyl (C=O) groups is 2. The van der Waals surface area contributed by atoms with Crippen molar-refractivity contribution in [3.05, 3.63) is 28.0 Å². The molecule has 19 heavy (non-hydrogen) atoms. The van der Waals surface area contributed by atoms with Gasteiger partial charge in [-0.15, -0.1) is 11.3 Å². The molecule has 0 spiro atoms. The Morgan fingerprint density at radius 2 is 2.05 bits per heavy atom. The Labute approximate surface area is 117 Å². The van der Waals surface area contributed by atoms with E-state index in [-0.39, 0.29) is 5.91 Å². The van der Waals surface area contributed by atoms with Crippen LogP contribution in [-0.2, 0) is 9.59 Å². The Morgan fingerprint density at radius 3 is 2.47 bits per heavy atom. The van der Waals surface area contributed by atoms with Crippen molar-refractivity contribution in [2.75, 3.05) is 0 Å². The highest BCUT2D eigenvalue weighted by Gasteiger charge is 2.35. The zero-order valence-electron chi connectivity index (χ0n) is 11.4. The predicted octanol–water partition coefficient (Wildman–Crippen LogP) is 2.83. The summed E-state index contributed by atoms with van der Waals surface area (Å²) < 4.78 is 0. The summed E-state index contributed by atoms with van der Waals surface area (Å²) in [7, 11) is 0. The van der Waals surface area contributed by atoms with Crippen LogP contribution in [0.2, 0.25) is 0 Å². The van der Waals surface area contributed by atoms with Crippen LogP contribution in [0.1, 0.15) is 37.1 Å². The smallest absolute Gasteiger partial charge is 0.329 e. The van der Waals surface area contributed by atoms with E-state index in [0.717, 1.165) is 10.4 Å². The normalized spacial score (nSPS) is 11.7. The van der Waals surface area contributed by atoms with Crippen LogP contribution in [0.4, 0.5) is 0 Å². The number of rotatable bonds is 6. The third kappa shape index (κ3) is 3.67. The molecule has 1 rings (SSSR count). The number of amides is 1. The fourth-order valence-corrected chi connectivity index (χ4v) is 2.59. The van der Waals surface area contributed by atoms with E-state index >= 15 is 0 Å². The van der Waals surface area contributed by atoms with E-state index in [4.69, 9.17) is 0 Å². The second-order valence-corrected chi connectivity index (χ2v) is 5.33. The molecule has 0 aromatic carbocycles. The van der Waals surface area contributed by atoms with Crippen LogP contribution < -0.4 is 5.32 Å². The van der Waals surface area contributed by atoms with Crippen LogP contribution in [-0.4, -0.2) is 22.5 Å². The number of hydrogen-bond donors (Lipinski definition) is 2. The number of carboxylic acids is 1. The highest BCUT2D eigenvalue weighted by atomic mass is 32.1. The largest absolute Gasteiger partial charge is 0.480 e. The quantitative estimate of drug-likeness (QED) is 0.788. The topological polar surface area (TPSA) is 66.4 Å². The van der Waals surface area contributed by atoms with Crippen molar-refractivity contribution in [1.82, 2.24) is 5.32 Å². The van der Waals surface area contributed by atoms with Crippen molar-refractivity contribution in [3.8, 4) is 0 Å². The summed E-state index contributed by atoms with van der Waals surface area (Å²) in [6, 6.07) is 1.97. The van der Waals surface area contributed by atoms with Crippen LogP contribution in [0.15, 0.2) is 17.5 Å². The van der Waals surface area contributed by atoms with Gasteiger partial charge < -0.3 is 10.4 Å². The third-order valence-electron chi connectivity index (χ3n) is 3.27. The van der Waals surface area contributed by atoms with Crippen LogP contribution >= 0.6 is 11.3 Å². The van der Waals surface area contributed by atoms with Gasteiger partial charge in [-0.25, -0.2) is 4.79 Å². The number of thiophene rings is 1. The van der Waals surface area contributed by atoms with Crippen LogP contribution in [0.5, 0.6) is 0 Å². The number of aryl methyl sites for hydroxylation is 1. The Hall–Kier alpha value is -1.62. The van der Waals surface area contributed by atoms with Gasteiger partial charge in [-0.1, -0.05) is 13.8 Å². The lowest BCUT2D eigenvalue weighted by atomic mass is 9.93. The van der Waals surface area contributed by atoms with Gasteiger partial charge >= 0.3 is 5.97 Å². The van der Waals surface area contributed by atoms with Crippen molar-refractivity contribution in [1.29, 1.82) is 0 Å². The van der Waals surface area contributed by atoms with E-state index in [2.05, 4.69) is 5.32 Å². The molecule has 0 unspecified atom stereocenters. The molecule has 0 saturated heterocycles. The Morgan fingerprint density at radius 1 is 1.42 bits per heavy atom. The first kappa shape index (κ1) is 15.4. The molecule has 1 heterocycles.